The zero-order valence-corrected chi connectivity index (χ0v) is 15.5. The van der Waals surface area contributed by atoms with Gasteiger partial charge >= 0.3 is 5.97 Å². The van der Waals surface area contributed by atoms with Crippen molar-refractivity contribution in [1.82, 2.24) is 0 Å². The first-order valence-electron chi connectivity index (χ1n) is 7.68. The SMILES string of the molecule is CC(=O)OCCCCC(C)C.CC(C)C[Si](C)(C)C. The predicted molar refractivity (Wildman–Crippen MR) is 88.3 cm³/mol. The van der Waals surface area contributed by atoms with Crippen molar-refractivity contribution in [3.05, 3.63) is 0 Å². The Morgan fingerprint density at radius 1 is 1.00 bits per heavy atom. The maximum absolute atomic E-state index is 10.3. The highest BCUT2D eigenvalue weighted by molar-refractivity contribution is 6.76. The lowest BCUT2D eigenvalue weighted by atomic mass is 10.1. The van der Waals surface area contributed by atoms with Crippen LogP contribution in [-0.2, 0) is 9.53 Å². The Morgan fingerprint density at radius 3 is 1.79 bits per heavy atom. The quantitative estimate of drug-likeness (QED) is 0.358. The number of unbranched alkanes of at least 4 members (excludes halogenated alkanes) is 1. The highest BCUT2D eigenvalue weighted by atomic mass is 28.3. The molecule has 19 heavy (non-hydrogen) atoms. The summed E-state index contributed by atoms with van der Waals surface area (Å²) in [4.78, 5) is 10.3. The lowest BCUT2D eigenvalue weighted by Gasteiger charge is -2.17. The van der Waals surface area contributed by atoms with Crippen LogP contribution >= 0.6 is 0 Å². The first-order valence-corrected chi connectivity index (χ1v) is 11.4. The lowest BCUT2D eigenvalue weighted by Crippen LogP contribution is -2.21. The van der Waals surface area contributed by atoms with Crippen LogP contribution in [0.5, 0.6) is 0 Å². The molecular formula is C16H36O2Si. The fraction of sp³-hybridized carbons (Fsp3) is 0.938. The van der Waals surface area contributed by atoms with Crippen molar-refractivity contribution in [1.29, 1.82) is 0 Å². The molecule has 0 fully saturated rings. The maximum atomic E-state index is 10.3. The van der Waals surface area contributed by atoms with E-state index >= 15 is 0 Å². The smallest absolute Gasteiger partial charge is 0.302 e. The molecule has 116 valence electrons. The molecule has 0 heterocycles. The van der Waals surface area contributed by atoms with E-state index in [-0.39, 0.29) is 5.97 Å². The van der Waals surface area contributed by atoms with E-state index in [1.807, 2.05) is 0 Å². The van der Waals surface area contributed by atoms with Crippen LogP contribution in [0.1, 0.15) is 53.9 Å². The molecule has 0 unspecified atom stereocenters. The summed E-state index contributed by atoms with van der Waals surface area (Å²) in [5, 5.41) is 0. The number of carbonyl (C=O) groups is 1. The summed E-state index contributed by atoms with van der Waals surface area (Å²) in [6, 6.07) is 1.47. The molecule has 0 aromatic rings. The summed E-state index contributed by atoms with van der Waals surface area (Å²) in [5.41, 5.74) is 0. The van der Waals surface area contributed by atoms with E-state index < -0.39 is 8.07 Å². The number of hydrogen-bond donors (Lipinski definition) is 0. The van der Waals surface area contributed by atoms with Gasteiger partial charge in [-0.3, -0.25) is 4.79 Å². The zero-order valence-electron chi connectivity index (χ0n) is 14.5. The topological polar surface area (TPSA) is 26.3 Å². The standard InChI is InChI=1S/C9H18O2.C7H18Si/c1-8(2)6-4-5-7-11-9(3)10;1-7(2)6-8(3,4)5/h8H,4-7H2,1-3H3;7H,6H2,1-5H3. The van der Waals surface area contributed by atoms with E-state index in [0.717, 1.165) is 24.7 Å². The Bertz CT molecular complexity index is 217. The third-order valence-electron chi connectivity index (χ3n) is 2.50. The van der Waals surface area contributed by atoms with Crippen molar-refractivity contribution in [2.75, 3.05) is 6.61 Å². The van der Waals surface area contributed by atoms with E-state index in [0.29, 0.717) is 6.61 Å². The van der Waals surface area contributed by atoms with Crippen LogP contribution in [0.25, 0.3) is 0 Å². The van der Waals surface area contributed by atoms with Crippen LogP contribution in [0.15, 0.2) is 0 Å². The van der Waals surface area contributed by atoms with Gasteiger partial charge in [0, 0.05) is 15.0 Å². The molecule has 0 saturated carbocycles. The van der Waals surface area contributed by atoms with Gasteiger partial charge in [0.25, 0.3) is 0 Å². The minimum atomic E-state index is -0.720. The monoisotopic (exact) mass is 288 g/mol. The third-order valence-corrected chi connectivity index (χ3v) is 4.54. The van der Waals surface area contributed by atoms with Crippen molar-refractivity contribution >= 4 is 14.0 Å². The minimum absolute atomic E-state index is 0.172. The predicted octanol–water partition coefficient (Wildman–Crippen LogP) is 5.36. The van der Waals surface area contributed by atoms with Crippen LogP contribution < -0.4 is 0 Å². The van der Waals surface area contributed by atoms with E-state index in [2.05, 4.69) is 47.3 Å². The van der Waals surface area contributed by atoms with Crippen LogP contribution in [0.4, 0.5) is 0 Å². The summed E-state index contributed by atoms with van der Waals surface area (Å²) >= 11 is 0. The molecule has 0 N–H and O–H groups in total. The molecule has 3 heteroatoms. The number of esters is 1. The van der Waals surface area contributed by atoms with Crippen LogP contribution in [0.2, 0.25) is 25.7 Å². The zero-order chi connectivity index (χ0) is 15.5. The van der Waals surface area contributed by atoms with Gasteiger partial charge in [-0.05, 0) is 24.7 Å². The fourth-order valence-electron chi connectivity index (χ4n) is 2.10. The summed E-state index contributed by atoms with van der Waals surface area (Å²) < 4.78 is 4.78. The molecule has 0 spiro atoms. The molecule has 0 bridgehead atoms. The van der Waals surface area contributed by atoms with Crippen molar-refractivity contribution in [2.45, 2.75) is 79.6 Å². The van der Waals surface area contributed by atoms with E-state index in [1.165, 1.54) is 19.4 Å². The van der Waals surface area contributed by atoms with Crippen LogP contribution in [0.3, 0.4) is 0 Å². The van der Waals surface area contributed by atoms with E-state index in [4.69, 9.17) is 4.74 Å². The van der Waals surface area contributed by atoms with Gasteiger partial charge in [-0.2, -0.15) is 0 Å². The van der Waals surface area contributed by atoms with Crippen LogP contribution in [0, 0.1) is 11.8 Å². The van der Waals surface area contributed by atoms with Crippen molar-refractivity contribution in [2.24, 2.45) is 11.8 Å². The van der Waals surface area contributed by atoms with Crippen molar-refractivity contribution in [3.63, 3.8) is 0 Å². The molecule has 0 atom stereocenters. The van der Waals surface area contributed by atoms with Gasteiger partial charge in [0.1, 0.15) is 0 Å². The third kappa shape index (κ3) is 27.0. The minimum Gasteiger partial charge on any atom is -0.466 e. The van der Waals surface area contributed by atoms with Gasteiger partial charge in [0.15, 0.2) is 0 Å². The average molecular weight is 289 g/mol. The second kappa shape index (κ2) is 11.5. The van der Waals surface area contributed by atoms with E-state index in [1.54, 1.807) is 0 Å². The second-order valence-corrected chi connectivity index (χ2v) is 12.9. The molecule has 0 rings (SSSR count). The molecule has 0 radical (unpaired) electrons. The molecule has 0 aliphatic rings. The first kappa shape index (κ1) is 21.0. The summed E-state index contributed by atoms with van der Waals surface area (Å²) in [6.07, 6.45) is 3.38. The van der Waals surface area contributed by atoms with Gasteiger partial charge in [0.2, 0.25) is 0 Å². The number of rotatable bonds is 7. The van der Waals surface area contributed by atoms with Gasteiger partial charge in [-0.25, -0.2) is 0 Å². The maximum Gasteiger partial charge on any atom is 0.302 e. The van der Waals surface area contributed by atoms with E-state index in [9.17, 15) is 4.79 Å². The van der Waals surface area contributed by atoms with Gasteiger partial charge in [-0.15, -0.1) is 0 Å². The second-order valence-electron chi connectivity index (χ2n) is 7.39. The van der Waals surface area contributed by atoms with Gasteiger partial charge < -0.3 is 4.74 Å². The van der Waals surface area contributed by atoms with Gasteiger partial charge in [0.05, 0.1) is 6.61 Å². The molecule has 0 aromatic carbocycles. The number of hydrogen-bond acceptors (Lipinski definition) is 2. The molecular weight excluding hydrogens is 252 g/mol. The molecule has 2 nitrogen and oxygen atoms in total. The first-order chi connectivity index (χ1) is 8.54. The molecule has 0 aliphatic carbocycles. The normalized spacial score (nSPS) is 11.3. The average Bonchev–Trinajstić information content (AvgIpc) is 2.12. The van der Waals surface area contributed by atoms with Crippen molar-refractivity contribution < 1.29 is 9.53 Å². The van der Waals surface area contributed by atoms with Gasteiger partial charge in [-0.1, -0.05) is 59.8 Å². The largest absolute Gasteiger partial charge is 0.466 e. The fourth-order valence-corrected chi connectivity index (χ4v) is 4.54. The number of ether oxygens (including phenoxy) is 1. The Hall–Kier alpha value is -0.313. The molecule has 0 amide bonds. The molecule has 0 saturated heterocycles. The molecule has 0 aromatic heterocycles. The highest BCUT2D eigenvalue weighted by Crippen LogP contribution is 2.14. The number of carbonyl (C=O) groups excluding carboxylic acids is 1. The lowest BCUT2D eigenvalue weighted by molar-refractivity contribution is -0.141. The summed E-state index contributed by atoms with van der Waals surface area (Å²) in [7, 11) is -0.720. The van der Waals surface area contributed by atoms with Crippen molar-refractivity contribution in [3.8, 4) is 0 Å². The van der Waals surface area contributed by atoms with Crippen LogP contribution in [-0.4, -0.2) is 20.7 Å². The Balaban J connectivity index is 0. The summed E-state index contributed by atoms with van der Waals surface area (Å²) in [5.74, 6) is 1.49. The highest BCUT2D eigenvalue weighted by Gasteiger charge is 2.13. The Morgan fingerprint density at radius 2 is 1.53 bits per heavy atom. The summed E-state index contributed by atoms with van der Waals surface area (Å²) in [6.45, 7) is 18.3. The Kier molecular flexibility index (Phi) is 12.7. The molecule has 0 aliphatic heterocycles. The Labute approximate surface area is 122 Å².